The highest BCUT2D eigenvalue weighted by molar-refractivity contribution is 4.68. The van der Waals surface area contributed by atoms with Crippen LogP contribution in [0.3, 0.4) is 0 Å². The Kier molecular flexibility index (Phi) is 4.62. The maximum Gasteiger partial charge on any atom is 0.0773 e. The van der Waals surface area contributed by atoms with Gasteiger partial charge in [-0.2, -0.15) is 0 Å². The Hall–Kier alpha value is -0.0800. The third kappa shape index (κ3) is 3.55. The summed E-state index contributed by atoms with van der Waals surface area (Å²) in [5, 5.41) is 9.38. The van der Waals surface area contributed by atoms with Crippen molar-refractivity contribution in [3.05, 3.63) is 0 Å². The maximum absolute atomic E-state index is 9.38. The van der Waals surface area contributed by atoms with E-state index in [2.05, 4.69) is 0 Å². The van der Waals surface area contributed by atoms with Crippen LogP contribution in [0.5, 0.6) is 0 Å². The van der Waals surface area contributed by atoms with E-state index in [-0.39, 0.29) is 6.10 Å². The third-order valence-electron chi connectivity index (χ3n) is 2.74. The summed E-state index contributed by atoms with van der Waals surface area (Å²) in [7, 11) is 1.64. The quantitative estimate of drug-likeness (QED) is 0.687. The van der Waals surface area contributed by atoms with Crippen LogP contribution in [0.4, 0.5) is 0 Å². The van der Waals surface area contributed by atoms with Gasteiger partial charge in [-0.1, -0.05) is 25.7 Å². The standard InChI is InChI=1S/C10H20O2/c1-12-8-10(11)7-6-9-4-2-3-5-9/h9-11H,2-8H2,1H3. The molecule has 2 nitrogen and oxygen atoms in total. The van der Waals surface area contributed by atoms with Gasteiger partial charge in [0, 0.05) is 7.11 Å². The molecular formula is C10H20O2. The van der Waals surface area contributed by atoms with Gasteiger partial charge in [-0.05, 0) is 18.8 Å². The van der Waals surface area contributed by atoms with Crippen LogP contribution in [-0.2, 0) is 4.74 Å². The van der Waals surface area contributed by atoms with Crippen LogP contribution < -0.4 is 0 Å². The predicted molar refractivity (Wildman–Crippen MR) is 49.1 cm³/mol. The van der Waals surface area contributed by atoms with Gasteiger partial charge in [-0.25, -0.2) is 0 Å². The monoisotopic (exact) mass is 172 g/mol. The van der Waals surface area contributed by atoms with Gasteiger partial charge in [0.1, 0.15) is 0 Å². The van der Waals surface area contributed by atoms with Crippen molar-refractivity contribution < 1.29 is 9.84 Å². The number of hydrogen-bond acceptors (Lipinski definition) is 2. The third-order valence-corrected chi connectivity index (χ3v) is 2.74. The van der Waals surface area contributed by atoms with E-state index in [1.54, 1.807) is 7.11 Å². The summed E-state index contributed by atoms with van der Waals surface area (Å²) in [5.74, 6) is 0.886. The van der Waals surface area contributed by atoms with Gasteiger partial charge in [0.05, 0.1) is 12.7 Å². The lowest BCUT2D eigenvalue weighted by Crippen LogP contribution is -2.14. The molecule has 12 heavy (non-hydrogen) atoms. The molecule has 0 heterocycles. The molecule has 1 rings (SSSR count). The van der Waals surface area contributed by atoms with E-state index in [1.165, 1.54) is 32.1 Å². The fourth-order valence-electron chi connectivity index (χ4n) is 2.00. The first-order valence-electron chi connectivity index (χ1n) is 5.00. The lowest BCUT2D eigenvalue weighted by molar-refractivity contribution is 0.0551. The van der Waals surface area contributed by atoms with Gasteiger partial charge in [0.2, 0.25) is 0 Å². The molecule has 0 radical (unpaired) electrons. The van der Waals surface area contributed by atoms with Gasteiger partial charge in [-0.3, -0.25) is 0 Å². The first kappa shape index (κ1) is 10.0. The molecule has 1 unspecified atom stereocenters. The minimum atomic E-state index is -0.240. The number of methoxy groups -OCH3 is 1. The lowest BCUT2D eigenvalue weighted by Gasteiger charge is -2.12. The Bertz CT molecular complexity index is 108. The molecule has 1 atom stereocenters. The van der Waals surface area contributed by atoms with E-state index in [9.17, 15) is 5.11 Å². The SMILES string of the molecule is COCC(O)CCC1CCCC1. The number of ether oxygens (including phenoxy) is 1. The van der Waals surface area contributed by atoms with E-state index in [0.29, 0.717) is 6.61 Å². The summed E-state index contributed by atoms with van der Waals surface area (Å²) in [6.07, 6.45) is 7.40. The zero-order chi connectivity index (χ0) is 8.81. The molecule has 1 fully saturated rings. The van der Waals surface area contributed by atoms with Crippen molar-refractivity contribution in [3.8, 4) is 0 Å². The number of rotatable bonds is 5. The predicted octanol–water partition coefficient (Wildman–Crippen LogP) is 1.96. The zero-order valence-electron chi connectivity index (χ0n) is 7.96. The van der Waals surface area contributed by atoms with Gasteiger partial charge >= 0.3 is 0 Å². The summed E-state index contributed by atoms with van der Waals surface area (Å²) < 4.78 is 4.87. The van der Waals surface area contributed by atoms with Crippen LogP contribution in [0, 0.1) is 5.92 Å². The molecule has 1 aliphatic rings. The summed E-state index contributed by atoms with van der Waals surface area (Å²) >= 11 is 0. The molecule has 0 amide bonds. The number of hydrogen-bond donors (Lipinski definition) is 1. The fraction of sp³-hybridized carbons (Fsp3) is 1.00. The largest absolute Gasteiger partial charge is 0.391 e. The van der Waals surface area contributed by atoms with Gasteiger partial charge in [0.25, 0.3) is 0 Å². The fourth-order valence-corrected chi connectivity index (χ4v) is 2.00. The maximum atomic E-state index is 9.38. The molecule has 1 saturated carbocycles. The van der Waals surface area contributed by atoms with Crippen molar-refractivity contribution in [2.75, 3.05) is 13.7 Å². The number of aliphatic hydroxyl groups is 1. The van der Waals surface area contributed by atoms with Crippen molar-refractivity contribution >= 4 is 0 Å². The molecule has 0 aromatic rings. The Labute approximate surface area is 74.9 Å². The molecule has 72 valence electrons. The van der Waals surface area contributed by atoms with Gasteiger partial charge < -0.3 is 9.84 Å². The Morgan fingerprint density at radius 1 is 1.42 bits per heavy atom. The van der Waals surface area contributed by atoms with Crippen molar-refractivity contribution in [3.63, 3.8) is 0 Å². The minimum Gasteiger partial charge on any atom is -0.391 e. The summed E-state index contributed by atoms with van der Waals surface area (Å²) in [5.41, 5.74) is 0. The normalized spacial score (nSPS) is 21.5. The molecule has 1 aliphatic carbocycles. The van der Waals surface area contributed by atoms with Crippen LogP contribution in [0.2, 0.25) is 0 Å². The molecule has 0 aromatic carbocycles. The molecule has 0 bridgehead atoms. The second-order valence-corrected chi connectivity index (χ2v) is 3.84. The zero-order valence-corrected chi connectivity index (χ0v) is 7.96. The highest BCUT2D eigenvalue weighted by atomic mass is 16.5. The summed E-state index contributed by atoms with van der Waals surface area (Å²) in [4.78, 5) is 0. The molecule has 0 aromatic heterocycles. The molecule has 0 aliphatic heterocycles. The van der Waals surface area contributed by atoms with Crippen molar-refractivity contribution in [2.45, 2.75) is 44.6 Å². The molecule has 0 spiro atoms. The van der Waals surface area contributed by atoms with Crippen molar-refractivity contribution in [1.29, 1.82) is 0 Å². The Morgan fingerprint density at radius 2 is 2.08 bits per heavy atom. The average molecular weight is 172 g/mol. The van der Waals surface area contributed by atoms with Gasteiger partial charge in [-0.15, -0.1) is 0 Å². The van der Waals surface area contributed by atoms with Crippen LogP contribution >= 0.6 is 0 Å². The van der Waals surface area contributed by atoms with Gasteiger partial charge in [0.15, 0.2) is 0 Å². The van der Waals surface area contributed by atoms with Crippen LogP contribution in [0.1, 0.15) is 38.5 Å². The first-order chi connectivity index (χ1) is 5.83. The summed E-state index contributed by atoms with van der Waals surface area (Å²) in [6.45, 7) is 0.493. The lowest BCUT2D eigenvalue weighted by atomic mass is 10.00. The van der Waals surface area contributed by atoms with Crippen LogP contribution in [0.25, 0.3) is 0 Å². The molecule has 1 N–H and O–H groups in total. The number of aliphatic hydroxyl groups excluding tert-OH is 1. The first-order valence-corrected chi connectivity index (χ1v) is 5.00. The van der Waals surface area contributed by atoms with E-state index in [0.717, 1.165) is 12.3 Å². The van der Waals surface area contributed by atoms with E-state index < -0.39 is 0 Å². The second kappa shape index (κ2) is 5.55. The Morgan fingerprint density at radius 3 is 2.67 bits per heavy atom. The van der Waals surface area contributed by atoms with Crippen molar-refractivity contribution in [2.24, 2.45) is 5.92 Å². The highest BCUT2D eigenvalue weighted by Crippen LogP contribution is 2.28. The second-order valence-electron chi connectivity index (χ2n) is 3.84. The van der Waals surface area contributed by atoms with E-state index in [4.69, 9.17) is 4.74 Å². The smallest absolute Gasteiger partial charge is 0.0773 e. The van der Waals surface area contributed by atoms with E-state index in [1.807, 2.05) is 0 Å². The average Bonchev–Trinajstić information content (AvgIpc) is 2.53. The molecule has 0 saturated heterocycles. The summed E-state index contributed by atoms with van der Waals surface area (Å²) in [6, 6.07) is 0. The van der Waals surface area contributed by atoms with E-state index >= 15 is 0 Å². The Balaban J connectivity index is 1.99. The van der Waals surface area contributed by atoms with Crippen LogP contribution in [-0.4, -0.2) is 24.9 Å². The van der Waals surface area contributed by atoms with Crippen LogP contribution in [0.15, 0.2) is 0 Å². The highest BCUT2D eigenvalue weighted by Gasteiger charge is 2.16. The topological polar surface area (TPSA) is 29.5 Å². The molecule has 2 heteroatoms. The molecular weight excluding hydrogens is 152 g/mol. The van der Waals surface area contributed by atoms with Crippen molar-refractivity contribution in [1.82, 2.24) is 0 Å². The minimum absolute atomic E-state index is 0.240.